The molecule has 2 aromatic rings. The molecule has 5 nitrogen and oxygen atoms in total. The molecule has 0 bridgehead atoms. The van der Waals surface area contributed by atoms with Crippen molar-refractivity contribution in [2.45, 2.75) is 6.54 Å². The molecule has 2 rings (SSSR count). The summed E-state index contributed by atoms with van der Waals surface area (Å²) in [5, 5.41) is 2.61. The quantitative estimate of drug-likeness (QED) is 0.568. The number of nitrogens with two attached hydrogens (primary N) is 1. The van der Waals surface area contributed by atoms with Crippen LogP contribution in [0.2, 0.25) is 0 Å². The number of anilines is 1. The fourth-order valence-corrected chi connectivity index (χ4v) is 1.54. The zero-order chi connectivity index (χ0) is 13.0. The molecule has 0 saturated carbocycles. The number of carbonyl (C=O) groups is 1. The standard InChI is InChI=1S/C12H12FN3O2/c13-10-5-1-4-9(11(10)16-14)12(17)15-7-8-3-2-6-18-8/h1-6,16H,7,14H2,(H,15,17). The van der Waals surface area contributed by atoms with Crippen molar-refractivity contribution < 1.29 is 13.6 Å². The molecular formula is C12H12FN3O2. The third kappa shape index (κ3) is 2.49. The molecule has 1 aromatic carbocycles. The van der Waals surface area contributed by atoms with Crippen molar-refractivity contribution in [3.05, 3.63) is 53.7 Å². The zero-order valence-electron chi connectivity index (χ0n) is 9.44. The van der Waals surface area contributed by atoms with Crippen molar-refractivity contribution in [3.8, 4) is 0 Å². The van der Waals surface area contributed by atoms with Crippen molar-refractivity contribution in [1.29, 1.82) is 0 Å². The molecule has 1 heterocycles. The Labute approximate surface area is 103 Å². The van der Waals surface area contributed by atoms with E-state index < -0.39 is 11.7 Å². The van der Waals surface area contributed by atoms with Crippen LogP contribution in [-0.4, -0.2) is 5.91 Å². The number of nitrogen functional groups attached to an aromatic ring is 1. The predicted octanol–water partition coefficient (Wildman–Crippen LogP) is 1.63. The Kier molecular flexibility index (Phi) is 3.59. The Morgan fingerprint density at radius 1 is 1.33 bits per heavy atom. The van der Waals surface area contributed by atoms with Crippen LogP contribution in [-0.2, 0) is 6.54 Å². The highest BCUT2D eigenvalue weighted by molar-refractivity contribution is 5.99. The average molecular weight is 249 g/mol. The first-order valence-electron chi connectivity index (χ1n) is 5.28. The molecule has 1 aromatic heterocycles. The van der Waals surface area contributed by atoms with E-state index in [1.54, 1.807) is 12.1 Å². The molecule has 6 heteroatoms. The molecule has 18 heavy (non-hydrogen) atoms. The molecule has 4 N–H and O–H groups in total. The number of hydrogen-bond donors (Lipinski definition) is 3. The molecule has 0 aliphatic heterocycles. The molecule has 0 atom stereocenters. The van der Waals surface area contributed by atoms with E-state index in [9.17, 15) is 9.18 Å². The molecule has 0 spiro atoms. The van der Waals surface area contributed by atoms with Gasteiger partial charge in [-0.05, 0) is 24.3 Å². The first kappa shape index (κ1) is 12.1. The molecule has 1 amide bonds. The minimum absolute atomic E-state index is 0.0329. The lowest BCUT2D eigenvalue weighted by atomic mass is 10.1. The predicted molar refractivity (Wildman–Crippen MR) is 64.1 cm³/mol. The van der Waals surface area contributed by atoms with Crippen LogP contribution < -0.4 is 16.6 Å². The summed E-state index contributed by atoms with van der Waals surface area (Å²) in [6.07, 6.45) is 1.51. The number of hydrazine groups is 1. The van der Waals surface area contributed by atoms with E-state index in [2.05, 4.69) is 10.7 Å². The van der Waals surface area contributed by atoms with Crippen LogP contribution in [0.15, 0.2) is 41.0 Å². The van der Waals surface area contributed by atoms with Gasteiger partial charge in [0.2, 0.25) is 0 Å². The van der Waals surface area contributed by atoms with Crippen LogP contribution in [0, 0.1) is 5.82 Å². The first-order valence-corrected chi connectivity index (χ1v) is 5.28. The van der Waals surface area contributed by atoms with E-state index in [1.807, 2.05) is 0 Å². The summed E-state index contributed by atoms with van der Waals surface area (Å²) in [5.74, 6) is 4.79. The zero-order valence-corrected chi connectivity index (χ0v) is 9.44. The average Bonchev–Trinajstić information content (AvgIpc) is 2.88. The number of rotatable bonds is 4. The molecule has 0 unspecified atom stereocenters. The van der Waals surface area contributed by atoms with Crippen molar-refractivity contribution >= 4 is 11.6 Å². The molecule has 0 radical (unpaired) electrons. The fraction of sp³-hybridized carbons (Fsp3) is 0.0833. The third-order valence-corrected chi connectivity index (χ3v) is 2.41. The maximum absolute atomic E-state index is 13.4. The fourth-order valence-electron chi connectivity index (χ4n) is 1.54. The number of nitrogens with one attached hydrogen (secondary N) is 2. The number of amides is 1. The molecule has 0 fully saturated rings. The maximum atomic E-state index is 13.4. The van der Waals surface area contributed by atoms with Gasteiger partial charge in [-0.3, -0.25) is 10.6 Å². The van der Waals surface area contributed by atoms with Gasteiger partial charge in [0, 0.05) is 0 Å². The SMILES string of the molecule is NNc1c(F)cccc1C(=O)NCc1ccco1. The van der Waals surface area contributed by atoms with Crippen molar-refractivity contribution in [2.75, 3.05) is 5.43 Å². The van der Waals surface area contributed by atoms with Gasteiger partial charge in [-0.15, -0.1) is 0 Å². The summed E-state index contributed by atoms with van der Waals surface area (Å²) < 4.78 is 18.5. The summed E-state index contributed by atoms with van der Waals surface area (Å²) in [7, 11) is 0. The number of hydrogen-bond acceptors (Lipinski definition) is 4. The van der Waals surface area contributed by atoms with Gasteiger partial charge < -0.3 is 15.2 Å². The molecule has 94 valence electrons. The summed E-state index contributed by atoms with van der Waals surface area (Å²) in [6.45, 7) is 0.229. The van der Waals surface area contributed by atoms with Crippen LogP contribution in [0.5, 0.6) is 0 Å². The Bertz CT molecular complexity index is 540. The monoisotopic (exact) mass is 249 g/mol. The lowest BCUT2D eigenvalue weighted by Gasteiger charge is -2.09. The van der Waals surface area contributed by atoms with Gasteiger partial charge in [-0.25, -0.2) is 4.39 Å². The molecule has 0 aliphatic rings. The Hall–Kier alpha value is -2.34. The number of furan rings is 1. The van der Waals surface area contributed by atoms with Gasteiger partial charge in [0.25, 0.3) is 5.91 Å². The third-order valence-electron chi connectivity index (χ3n) is 2.41. The summed E-state index contributed by atoms with van der Waals surface area (Å²) in [6, 6.07) is 7.59. The Balaban J connectivity index is 2.11. The summed E-state index contributed by atoms with van der Waals surface area (Å²) in [5.41, 5.74) is 2.29. The van der Waals surface area contributed by atoms with Gasteiger partial charge in [-0.1, -0.05) is 6.07 Å². The van der Waals surface area contributed by atoms with E-state index >= 15 is 0 Å². The second-order valence-electron chi connectivity index (χ2n) is 3.57. The Morgan fingerprint density at radius 3 is 2.83 bits per heavy atom. The topological polar surface area (TPSA) is 80.3 Å². The summed E-state index contributed by atoms with van der Waals surface area (Å²) in [4.78, 5) is 11.9. The van der Waals surface area contributed by atoms with E-state index in [4.69, 9.17) is 10.3 Å². The van der Waals surface area contributed by atoms with Gasteiger partial charge in [0.15, 0.2) is 0 Å². The van der Waals surface area contributed by atoms with Crippen molar-refractivity contribution in [3.63, 3.8) is 0 Å². The minimum atomic E-state index is -0.580. The van der Waals surface area contributed by atoms with Gasteiger partial charge in [0.1, 0.15) is 11.6 Å². The largest absolute Gasteiger partial charge is 0.467 e. The van der Waals surface area contributed by atoms with Gasteiger partial charge in [-0.2, -0.15) is 0 Å². The number of benzene rings is 1. The number of halogens is 1. The maximum Gasteiger partial charge on any atom is 0.253 e. The first-order chi connectivity index (χ1) is 8.72. The molecule has 0 aliphatic carbocycles. The molecule has 0 saturated heterocycles. The number of carbonyl (C=O) groups excluding carboxylic acids is 1. The smallest absolute Gasteiger partial charge is 0.253 e. The minimum Gasteiger partial charge on any atom is -0.467 e. The lowest BCUT2D eigenvalue weighted by Crippen LogP contribution is -2.25. The van der Waals surface area contributed by atoms with E-state index in [0.29, 0.717) is 5.76 Å². The van der Waals surface area contributed by atoms with Gasteiger partial charge >= 0.3 is 0 Å². The van der Waals surface area contributed by atoms with E-state index in [1.165, 1.54) is 24.5 Å². The van der Waals surface area contributed by atoms with Crippen LogP contribution in [0.4, 0.5) is 10.1 Å². The van der Waals surface area contributed by atoms with Crippen molar-refractivity contribution in [2.24, 2.45) is 5.84 Å². The lowest BCUT2D eigenvalue weighted by molar-refractivity contribution is 0.0948. The van der Waals surface area contributed by atoms with Crippen LogP contribution >= 0.6 is 0 Å². The van der Waals surface area contributed by atoms with Crippen molar-refractivity contribution in [1.82, 2.24) is 5.32 Å². The van der Waals surface area contributed by atoms with E-state index in [0.717, 1.165) is 0 Å². The van der Waals surface area contributed by atoms with E-state index in [-0.39, 0.29) is 17.8 Å². The Morgan fingerprint density at radius 2 is 2.17 bits per heavy atom. The number of para-hydroxylation sites is 1. The summed E-state index contributed by atoms with van der Waals surface area (Å²) >= 11 is 0. The van der Waals surface area contributed by atoms with Crippen LogP contribution in [0.25, 0.3) is 0 Å². The normalized spacial score (nSPS) is 10.1. The highest BCUT2D eigenvalue weighted by atomic mass is 19.1. The highest BCUT2D eigenvalue weighted by Gasteiger charge is 2.14. The second kappa shape index (κ2) is 5.33. The highest BCUT2D eigenvalue weighted by Crippen LogP contribution is 2.18. The second-order valence-corrected chi connectivity index (χ2v) is 3.57. The van der Waals surface area contributed by atoms with Crippen LogP contribution in [0.1, 0.15) is 16.1 Å². The van der Waals surface area contributed by atoms with Crippen LogP contribution in [0.3, 0.4) is 0 Å². The molecular weight excluding hydrogens is 237 g/mol. The van der Waals surface area contributed by atoms with Gasteiger partial charge in [0.05, 0.1) is 24.1 Å².